The molecule has 0 saturated heterocycles. The monoisotopic (exact) mass is 381 g/mol. The Balaban J connectivity index is 0.000000304. The van der Waals surface area contributed by atoms with E-state index >= 15 is 0 Å². The van der Waals surface area contributed by atoms with Crippen molar-refractivity contribution in [3.05, 3.63) is 18.5 Å². The van der Waals surface area contributed by atoms with Crippen LogP contribution in [0.15, 0.2) is 18.5 Å². The quantitative estimate of drug-likeness (QED) is 0.757. The summed E-state index contributed by atoms with van der Waals surface area (Å²) in [5.74, 6) is 0. The van der Waals surface area contributed by atoms with Crippen LogP contribution in [0.3, 0.4) is 0 Å². The van der Waals surface area contributed by atoms with Gasteiger partial charge in [-0.1, -0.05) is 69.6 Å². The van der Waals surface area contributed by atoms with Crippen molar-refractivity contribution in [2.45, 2.75) is 7.59 Å². The van der Waals surface area contributed by atoms with Gasteiger partial charge < -0.3 is 0 Å². The minimum absolute atomic E-state index is 0.688. The zero-order valence-corrected chi connectivity index (χ0v) is 13.0. The van der Waals surface area contributed by atoms with Gasteiger partial charge >= 0.3 is 10.2 Å². The highest BCUT2D eigenvalue weighted by atomic mass is 35.6. The molecule has 5 nitrogen and oxygen atoms in total. The Kier molecular flexibility index (Phi) is 6.66. The molecule has 0 aromatic carbocycles. The summed E-state index contributed by atoms with van der Waals surface area (Å²) in [5.41, 5.74) is 0. The molecule has 0 spiro atoms. The standard InChI is InChI=1S/C3H5N3O2S.C2Cl6/c4-9(7,8)6-3-1-2-5-6;3-1(4,5)2(6,7)8/h1-3H,(H2,4,7,8);. The lowest BCUT2D eigenvalue weighted by Crippen LogP contribution is -2.23. The molecular formula is C5H5Cl6N3O2S. The molecule has 100 valence electrons. The lowest BCUT2D eigenvalue weighted by atomic mass is 10.8. The summed E-state index contributed by atoms with van der Waals surface area (Å²) in [6.07, 6.45) is 2.60. The lowest BCUT2D eigenvalue weighted by molar-refractivity contribution is 0.582. The normalized spacial score (nSPS) is 12.9. The molecule has 2 N–H and O–H groups in total. The Morgan fingerprint density at radius 3 is 1.59 bits per heavy atom. The first-order valence-corrected chi connectivity index (χ1v) is 7.29. The fourth-order valence-electron chi connectivity index (χ4n) is 0.405. The van der Waals surface area contributed by atoms with Crippen molar-refractivity contribution in [1.29, 1.82) is 0 Å². The lowest BCUT2D eigenvalue weighted by Gasteiger charge is -2.19. The molecule has 12 heteroatoms. The second-order valence-corrected chi connectivity index (χ2v) is 8.39. The first-order chi connectivity index (χ1) is 7.36. The Labute approximate surface area is 128 Å². The highest BCUT2D eigenvalue weighted by Gasteiger charge is 2.43. The maximum Gasteiger partial charge on any atom is 0.317 e. The molecule has 0 saturated carbocycles. The van der Waals surface area contributed by atoms with Crippen LogP contribution in [0.2, 0.25) is 0 Å². The third-order valence-corrected chi connectivity index (χ3v) is 4.37. The average molecular weight is 384 g/mol. The maximum atomic E-state index is 10.4. The second-order valence-electron chi connectivity index (χ2n) is 2.42. The summed E-state index contributed by atoms with van der Waals surface area (Å²) in [6.45, 7) is 0. The van der Waals surface area contributed by atoms with Gasteiger partial charge in [-0.2, -0.15) is 17.6 Å². The van der Waals surface area contributed by atoms with Crippen LogP contribution in [0.1, 0.15) is 0 Å². The molecule has 1 rings (SSSR count). The van der Waals surface area contributed by atoms with Crippen molar-refractivity contribution >= 4 is 79.8 Å². The zero-order chi connectivity index (χ0) is 13.9. The van der Waals surface area contributed by atoms with Crippen LogP contribution in [-0.4, -0.2) is 25.2 Å². The van der Waals surface area contributed by atoms with Gasteiger partial charge in [-0.05, 0) is 6.07 Å². The minimum atomic E-state index is -3.65. The van der Waals surface area contributed by atoms with E-state index in [0.717, 1.165) is 0 Å². The van der Waals surface area contributed by atoms with Crippen molar-refractivity contribution in [1.82, 2.24) is 9.19 Å². The van der Waals surface area contributed by atoms with Crippen LogP contribution < -0.4 is 5.14 Å². The van der Waals surface area contributed by atoms with Gasteiger partial charge in [0.15, 0.2) is 0 Å². The molecule has 0 unspecified atom stereocenters. The third-order valence-electron chi connectivity index (χ3n) is 1.06. The molecule has 0 aliphatic heterocycles. The van der Waals surface area contributed by atoms with Crippen molar-refractivity contribution in [3.8, 4) is 0 Å². The van der Waals surface area contributed by atoms with E-state index in [0.29, 0.717) is 4.09 Å². The summed E-state index contributed by atoms with van der Waals surface area (Å²) in [5, 5.41) is 8.07. The summed E-state index contributed by atoms with van der Waals surface area (Å²) in [6, 6.07) is 1.48. The van der Waals surface area contributed by atoms with E-state index in [-0.39, 0.29) is 0 Å². The van der Waals surface area contributed by atoms with Gasteiger partial charge in [0.25, 0.3) is 0 Å². The second kappa shape index (κ2) is 6.34. The summed E-state index contributed by atoms with van der Waals surface area (Å²) < 4.78 is 17.7. The molecule has 1 heterocycles. The summed E-state index contributed by atoms with van der Waals surface area (Å²) in [4.78, 5) is 0. The van der Waals surface area contributed by atoms with Crippen molar-refractivity contribution in [2.75, 3.05) is 0 Å². The molecule has 1 aromatic rings. The largest absolute Gasteiger partial charge is 0.317 e. The maximum absolute atomic E-state index is 10.4. The topological polar surface area (TPSA) is 78.0 Å². The number of nitrogens with two attached hydrogens (primary N) is 1. The van der Waals surface area contributed by atoms with Gasteiger partial charge in [-0.25, -0.2) is 5.14 Å². The van der Waals surface area contributed by atoms with E-state index in [1.165, 1.54) is 18.5 Å². The van der Waals surface area contributed by atoms with Crippen molar-refractivity contribution in [3.63, 3.8) is 0 Å². The summed E-state index contributed by atoms with van der Waals surface area (Å²) in [7, 11) is -3.65. The molecular weight excluding hydrogens is 379 g/mol. The van der Waals surface area contributed by atoms with Crippen molar-refractivity contribution in [2.24, 2.45) is 5.14 Å². The Hall–Kier alpha value is 0.860. The van der Waals surface area contributed by atoms with Crippen LogP contribution in [-0.2, 0) is 10.2 Å². The Morgan fingerprint density at radius 2 is 1.47 bits per heavy atom. The number of hydrogen-bond donors (Lipinski definition) is 1. The average Bonchev–Trinajstić information content (AvgIpc) is 2.50. The van der Waals surface area contributed by atoms with E-state index < -0.39 is 17.8 Å². The van der Waals surface area contributed by atoms with E-state index in [4.69, 9.17) is 69.6 Å². The Bertz CT molecular complexity index is 421. The van der Waals surface area contributed by atoms with Crippen LogP contribution in [0.25, 0.3) is 0 Å². The van der Waals surface area contributed by atoms with Gasteiger partial charge in [0.2, 0.25) is 7.59 Å². The first-order valence-electron chi connectivity index (χ1n) is 3.52. The highest BCUT2D eigenvalue weighted by Crippen LogP contribution is 2.48. The first kappa shape index (κ1) is 17.9. The summed E-state index contributed by atoms with van der Waals surface area (Å²) >= 11 is 30.9. The zero-order valence-electron chi connectivity index (χ0n) is 7.70. The molecule has 17 heavy (non-hydrogen) atoms. The molecule has 0 radical (unpaired) electrons. The molecule has 0 bridgehead atoms. The molecule has 0 aliphatic rings. The van der Waals surface area contributed by atoms with E-state index in [9.17, 15) is 8.42 Å². The van der Waals surface area contributed by atoms with Crippen LogP contribution >= 0.6 is 69.6 Å². The molecule has 0 fully saturated rings. The molecule has 0 amide bonds. The minimum Gasteiger partial charge on any atom is -0.210 e. The van der Waals surface area contributed by atoms with Gasteiger partial charge in [0, 0.05) is 6.20 Å². The van der Waals surface area contributed by atoms with Gasteiger partial charge in [-0.15, -0.1) is 0 Å². The number of hydrogen-bond acceptors (Lipinski definition) is 3. The van der Waals surface area contributed by atoms with E-state index in [2.05, 4.69) is 10.2 Å². The van der Waals surface area contributed by atoms with Gasteiger partial charge in [0.1, 0.15) is 0 Å². The Morgan fingerprint density at radius 1 is 1.06 bits per heavy atom. The van der Waals surface area contributed by atoms with Gasteiger partial charge in [-0.3, -0.25) is 0 Å². The predicted octanol–water partition coefficient (Wildman–Crippen LogP) is 2.66. The fourth-order valence-corrected chi connectivity index (χ4v) is 0.831. The fraction of sp³-hybridized carbons (Fsp3) is 0.400. The van der Waals surface area contributed by atoms with E-state index in [1.54, 1.807) is 0 Å². The number of aromatic nitrogens is 2. The third kappa shape index (κ3) is 7.12. The number of rotatable bonds is 1. The number of halogens is 6. The predicted molar refractivity (Wildman–Crippen MR) is 71.3 cm³/mol. The highest BCUT2D eigenvalue weighted by molar-refractivity contribution is 7.87. The van der Waals surface area contributed by atoms with Crippen LogP contribution in [0, 0.1) is 0 Å². The van der Waals surface area contributed by atoms with Crippen LogP contribution in [0.5, 0.6) is 0 Å². The van der Waals surface area contributed by atoms with Crippen molar-refractivity contribution < 1.29 is 8.42 Å². The molecule has 1 aromatic heterocycles. The van der Waals surface area contributed by atoms with Crippen LogP contribution in [0.4, 0.5) is 0 Å². The molecule has 0 aliphatic carbocycles. The van der Waals surface area contributed by atoms with Gasteiger partial charge in [0.05, 0.1) is 6.20 Å². The smallest absolute Gasteiger partial charge is 0.210 e. The number of alkyl halides is 6. The number of nitrogens with zero attached hydrogens (tertiary/aromatic N) is 2. The molecule has 0 atom stereocenters. The van der Waals surface area contributed by atoms with E-state index in [1.807, 2.05) is 0 Å². The SMILES string of the molecule is ClC(Cl)(Cl)C(Cl)(Cl)Cl.NS(=O)(=O)n1cccn1.